The van der Waals surface area contributed by atoms with Gasteiger partial charge < -0.3 is 10.1 Å². The topological polar surface area (TPSA) is 51.2 Å². The van der Waals surface area contributed by atoms with E-state index >= 15 is 0 Å². The van der Waals surface area contributed by atoms with E-state index in [0.717, 1.165) is 24.1 Å². The molecule has 1 saturated carbocycles. The van der Waals surface area contributed by atoms with Crippen LogP contribution in [0.25, 0.3) is 0 Å². The Kier molecular flexibility index (Phi) is 5.12. The summed E-state index contributed by atoms with van der Waals surface area (Å²) in [6.45, 7) is 5.41. The Bertz CT molecular complexity index is 434. The lowest BCUT2D eigenvalue weighted by Gasteiger charge is -2.32. The van der Waals surface area contributed by atoms with Gasteiger partial charge in [0, 0.05) is 18.8 Å². The predicted octanol–water partition coefficient (Wildman–Crippen LogP) is 2.78. The molecule has 0 radical (unpaired) electrons. The van der Waals surface area contributed by atoms with Gasteiger partial charge in [-0.3, -0.25) is 4.98 Å². The minimum atomic E-state index is -0.341. The second-order valence-electron chi connectivity index (χ2n) is 6.03. The third-order valence-corrected chi connectivity index (χ3v) is 4.00. The molecule has 1 aliphatic carbocycles. The maximum Gasteiger partial charge on any atom is 0.339 e. The Labute approximate surface area is 120 Å². The first-order chi connectivity index (χ1) is 9.58. The van der Waals surface area contributed by atoms with E-state index in [1.165, 1.54) is 26.4 Å². The van der Waals surface area contributed by atoms with Crippen molar-refractivity contribution in [2.45, 2.75) is 45.7 Å². The van der Waals surface area contributed by atoms with E-state index in [1.807, 2.05) is 6.07 Å². The van der Waals surface area contributed by atoms with Crippen molar-refractivity contribution in [3.05, 3.63) is 29.6 Å². The summed E-state index contributed by atoms with van der Waals surface area (Å²) in [4.78, 5) is 15.6. The summed E-state index contributed by atoms with van der Waals surface area (Å²) in [5.74, 6) is 1.25. The van der Waals surface area contributed by atoms with E-state index in [-0.39, 0.29) is 5.97 Å². The zero-order valence-electron chi connectivity index (χ0n) is 12.6. The molecule has 2 atom stereocenters. The summed E-state index contributed by atoms with van der Waals surface area (Å²) in [6.07, 6.45) is 5.40. The van der Waals surface area contributed by atoms with Crippen LogP contribution in [0.1, 0.15) is 49.2 Å². The molecule has 1 N–H and O–H groups in total. The second kappa shape index (κ2) is 6.84. The van der Waals surface area contributed by atoms with Crippen LogP contribution in [-0.4, -0.2) is 24.1 Å². The number of aromatic nitrogens is 1. The van der Waals surface area contributed by atoms with E-state index in [0.29, 0.717) is 11.6 Å². The molecule has 4 nitrogen and oxygen atoms in total. The fourth-order valence-corrected chi connectivity index (χ4v) is 3.13. The Balaban J connectivity index is 1.86. The van der Waals surface area contributed by atoms with E-state index in [9.17, 15) is 4.79 Å². The van der Waals surface area contributed by atoms with E-state index in [1.54, 1.807) is 12.3 Å². The standard InChI is InChI=1S/C16H24N2O2/c1-11-6-12(2)8-15(7-11)18-10-14-5-4-13(9-17-14)16(19)20-3/h4-5,9,11-12,15,18H,6-8,10H2,1-3H3. The number of rotatable bonds is 4. The van der Waals surface area contributed by atoms with Crippen LogP contribution in [0.15, 0.2) is 18.3 Å². The lowest BCUT2D eigenvalue weighted by atomic mass is 9.80. The Morgan fingerprint density at radius 2 is 2.00 bits per heavy atom. The lowest BCUT2D eigenvalue weighted by molar-refractivity contribution is 0.0600. The summed E-state index contributed by atoms with van der Waals surface area (Å²) in [5, 5.41) is 3.58. The highest BCUT2D eigenvalue weighted by atomic mass is 16.5. The highest BCUT2D eigenvalue weighted by Crippen LogP contribution is 2.28. The van der Waals surface area contributed by atoms with Crippen LogP contribution in [0.4, 0.5) is 0 Å². The van der Waals surface area contributed by atoms with Gasteiger partial charge >= 0.3 is 5.97 Å². The number of carbonyl (C=O) groups excluding carboxylic acids is 1. The van der Waals surface area contributed by atoms with Crippen molar-refractivity contribution in [3.63, 3.8) is 0 Å². The van der Waals surface area contributed by atoms with Crippen molar-refractivity contribution >= 4 is 5.97 Å². The van der Waals surface area contributed by atoms with E-state index in [2.05, 4.69) is 28.9 Å². The van der Waals surface area contributed by atoms with Crippen LogP contribution < -0.4 is 5.32 Å². The molecule has 0 aromatic carbocycles. The second-order valence-corrected chi connectivity index (χ2v) is 6.03. The Morgan fingerprint density at radius 3 is 2.55 bits per heavy atom. The molecule has 2 rings (SSSR count). The average molecular weight is 276 g/mol. The normalized spacial score (nSPS) is 26.2. The van der Waals surface area contributed by atoms with Gasteiger partial charge in [-0.1, -0.05) is 13.8 Å². The Morgan fingerprint density at radius 1 is 1.30 bits per heavy atom. The van der Waals surface area contributed by atoms with Gasteiger partial charge in [0.25, 0.3) is 0 Å². The fraction of sp³-hybridized carbons (Fsp3) is 0.625. The largest absolute Gasteiger partial charge is 0.465 e. The van der Waals surface area contributed by atoms with E-state index in [4.69, 9.17) is 0 Å². The molecule has 110 valence electrons. The molecule has 1 aromatic rings. The summed E-state index contributed by atoms with van der Waals surface area (Å²) in [5.41, 5.74) is 1.46. The molecule has 0 spiro atoms. The number of carbonyl (C=O) groups is 1. The van der Waals surface area contributed by atoms with Gasteiger partial charge in [0.15, 0.2) is 0 Å². The zero-order valence-corrected chi connectivity index (χ0v) is 12.6. The first-order valence-corrected chi connectivity index (χ1v) is 7.35. The molecular weight excluding hydrogens is 252 g/mol. The molecule has 0 bridgehead atoms. The van der Waals surface area contributed by atoms with Gasteiger partial charge in [-0.05, 0) is 43.2 Å². The number of nitrogens with one attached hydrogen (secondary N) is 1. The number of ether oxygens (including phenoxy) is 1. The van der Waals surface area contributed by atoms with Crippen molar-refractivity contribution in [1.29, 1.82) is 0 Å². The number of nitrogens with zero attached hydrogens (tertiary/aromatic N) is 1. The van der Waals surface area contributed by atoms with Crippen LogP contribution >= 0.6 is 0 Å². The van der Waals surface area contributed by atoms with Crippen LogP contribution in [0.3, 0.4) is 0 Å². The lowest BCUT2D eigenvalue weighted by Crippen LogP contribution is -2.36. The Hall–Kier alpha value is -1.42. The average Bonchev–Trinajstić information content (AvgIpc) is 2.44. The van der Waals surface area contributed by atoms with Crippen LogP contribution in [-0.2, 0) is 11.3 Å². The van der Waals surface area contributed by atoms with Gasteiger partial charge in [-0.15, -0.1) is 0 Å². The minimum absolute atomic E-state index is 0.341. The van der Waals surface area contributed by atoms with Crippen molar-refractivity contribution in [2.24, 2.45) is 11.8 Å². The molecule has 1 aromatic heterocycles. The van der Waals surface area contributed by atoms with Gasteiger partial charge in [-0.2, -0.15) is 0 Å². The highest BCUT2D eigenvalue weighted by molar-refractivity contribution is 5.88. The molecule has 0 aliphatic heterocycles. The maximum atomic E-state index is 11.3. The minimum Gasteiger partial charge on any atom is -0.465 e. The number of methoxy groups -OCH3 is 1. The quantitative estimate of drug-likeness (QED) is 0.859. The zero-order chi connectivity index (χ0) is 14.5. The summed E-state index contributed by atoms with van der Waals surface area (Å²) in [6, 6.07) is 4.23. The third kappa shape index (κ3) is 4.04. The molecule has 1 aliphatic rings. The van der Waals surface area contributed by atoms with Crippen molar-refractivity contribution < 1.29 is 9.53 Å². The first kappa shape index (κ1) is 15.0. The van der Waals surface area contributed by atoms with Crippen LogP contribution in [0, 0.1) is 11.8 Å². The molecule has 1 fully saturated rings. The van der Waals surface area contributed by atoms with Crippen LogP contribution in [0.5, 0.6) is 0 Å². The van der Waals surface area contributed by atoms with Crippen molar-refractivity contribution in [3.8, 4) is 0 Å². The van der Waals surface area contributed by atoms with Gasteiger partial charge in [0.2, 0.25) is 0 Å². The highest BCUT2D eigenvalue weighted by Gasteiger charge is 2.23. The van der Waals surface area contributed by atoms with Crippen molar-refractivity contribution in [2.75, 3.05) is 7.11 Å². The maximum absolute atomic E-state index is 11.3. The van der Waals surface area contributed by atoms with Crippen molar-refractivity contribution in [1.82, 2.24) is 10.3 Å². The fourth-order valence-electron chi connectivity index (χ4n) is 3.13. The number of pyridine rings is 1. The molecule has 0 amide bonds. The molecule has 4 heteroatoms. The molecule has 20 heavy (non-hydrogen) atoms. The summed E-state index contributed by atoms with van der Waals surface area (Å²) in [7, 11) is 1.38. The smallest absolute Gasteiger partial charge is 0.339 e. The number of hydrogen-bond donors (Lipinski definition) is 1. The summed E-state index contributed by atoms with van der Waals surface area (Å²) < 4.78 is 4.66. The van der Waals surface area contributed by atoms with Gasteiger partial charge in [0.05, 0.1) is 18.4 Å². The SMILES string of the molecule is COC(=O)c1ccc(CNC2CC(C)CC(C)C2)nc1. The molecule has 2 unspecified atom stereocenters. The molecular formula is C16H24N2O2. The molecule has 1 heterocycles. The van der Waals surface area contributed by atoms with Gasteiger partial charge in [0.1, 0.15) is 0 Å². The number of esters is 1. The monoisotopic (exact) mass is 276 g/mol. The van der Waals surface area contributed by atoms with Gasteiger partial charge in [-0.25, -0.2) is 4.79 Å². The predicted molar refractivity (Wildman–Crippen MR) is 78.4 cm³/mol. The first-order valence-electron chi connectivity index (χ1n) is 7.35. The number of hydrogen-bond acceptors (Lipinski definition) is 4. The third-order valence-electron chi connectivity index (χ3n) is 4.00. The van der Waals surface area contributed by atoms with E-state index < -0.39 is 0 Å². The van der Waals surface area contributed by atoms with Crippen LogP contribution in [0.2, 0.25) is 0 Å². The molecule has 0 saturated heterocycles. The summed E-state index contributed by atoms with van der Waals surface area (Å²) >= 11 is 0.